The minimum absolute atomic E-state index is 0.194. The predicted octanol–water partition coefficient (Wildman–Crippen LogP) is 8.77. The molecule has 2 spiro atoms. The number of methoxy groups -OCH3 is 8. The molecule has 9 heterocycles. The first-order valence-electron chi connectivity index (χ1n) is 23.3. The molecule has 4 aromatic carbocycles. The van der Waals surface area contributed by atoms with Gasteiger partial charge in [0, 0.05) is 36.5 Å². The second-order valence-electron chi connectivity index (χ2n) is 17.7. The second kappa shape index (κ2) is 20.1. The van der Waals surface area contributed by atoms with E-state index in [0.29, 0.717) is 69.0 Å². The topological polar surface area (TPSA) is 111 Å². The molecule has 0 amide bonds. The van der Waals surface area contributed by atoms with Gasteiger partial charge in [-0.25, -0.2) is 0 Å². The standard InChI is InChI=1S/C52H72N2O12/c1-13-53(14-2)21-17-51(18-22-53)35-25-39(55-5)47(40(26-35)56-6)63-33-65-49-43(59-9)29-37(30-44(49)60-10)52(19-23-54(15-3,16-4)24-20-52)38-31-45(61-11)50(46(32-38)62-12)66-34-64-48-41(57-7)27-36(51)28-42(48)58-8/h25-32H,13-24,33-34H2,1-12H3/q+2. The molecule has 0 saturated carbocycles. The maximum atomic E-state index is 6.47. The zero-order valence-electron chi connectivity index (χ0n) is 41.3. The van der Waals surface area contributed by atoms with Crippen LogP contribution in [0.1, 0.15) is 75.6 Å². The first-order chi connectivity index (χ1) is 32.0. The molecule has 360 valence electrons. The lowest BCUT2D eigenvalue weighted by Gasteiger charge is -2.48. The van der Waals surface area contributed by atoms with Crippen molar-refractivity contribution in [1.29, 1.82) is 0 Å². The van der Waals surface area contributed by atoms with Crippen LogP contribution in [0.2, 0.25) is 0 Å². The van der Waals surface area contributed by atoms with Crippen LogP contribution >= 0.6 is 0 Å². The average Bonchev–Trinajstić information content (AvgIpc) is 3.37. The lowest BCUT2D eigenvalue weighted by Crippen LogP contribution is -2.56. The molecule has 2 fully saturated rings. The summed E-state index contributed by atoms with van der Waals surface area (Å²) in [5.41, 5.74) is 3.04. The third kappa shape index (κ3) is 8.51. The summed E-state index contributed by atoms with van der Waals surface area (Å²) in [6.07, 6.45) is 3.35. The highest BCUT2D eigenvalue weighted by Gasteiger charge is 2.47. The van der Waals surface area contributed by atoms with Crippen molar-refractivity contribution in [2.45, 2.75) is 64.2 Å². The van der Waals surface area contributed by atoms with Crippen LogP contribution in [0.15, 0.2) is 48.5 Å². The van der Waals surface area contributed by atoms with Gasteiger partial charge in [0.1, 0.15) is 0 Å². The van der Waals surface area contributed by atoms with Crippen LogP contribution in [0.4, 0.5) is 0 Å². The van der Waals surface area contributed by atoms with Gasteiger partial charge in [0.2, 0.25) is 36.6 Å². The monoisotopic (exact) mass is 917 g/mol. The van der Waals surface area contributed by atoms with Gasteiger partial charge in [-0.3, -0.25) is 0 Å². The van der Waals surface area contributed by atoms with Gasteiger partial charge in [-0.15, -0.1) is 0 Å². The molecule has 9 aliphatic rings. The maximum absolute atomic E-state index is 6.47. The van der Waals surface area contributed by atoms with Crippen molar-refractivity contribution >= 4 is 0 Å². The van der Waals surface area contributed by atoms with Crippen LogP contribution in [-0.4, -0.2) is 132 Å². The third-order valence-corrected chi connectivity index (χ3v) is 15.6. The van der Waals surface area contributed by atoms with Crippen LogP contribution in [0.5, 0.6) is 69.0 Å². The Morgan fingerprint density at radius 1 is 0.348 bits per heavy atom. The molecular formula is C52H72N2O12+2. The van der Waals surface area contributed by atoms with Gasteiger partial charge in [-0.2, -0.15) is 0 Å². The Morgan fingerprint density at radius 2 is 0.530 bits per heavy atom. The molecule has 0 radical (unpaired) electrons. The fraction of sp³-hybridized carbons (Fsp3) is 0.538. The van der Waals surface area contributed by atoms with Gasteiger partial charge in [0.15, 0.2) is 46.0 Å². The van der Waals surface area contributed by atoms with Crippen molar-refractivity contribution < 1.29 is 65.8 Å². The molecule has 0 aromatic heterocycles. The number of ether oxygens (including phenoxy) is 12. The van der Waals surface area contributed by atoms with E-state index in [2.05, 4.69) is 76.2 Å². The quantitative estimate of drug-likeness (QED) is 0.127. The van der Waals surface area contributed by atoms with E-state index in [0.717, 1.165) is 109 Å². The Morgan fingerprint density at radius 3 is 0.682 bits per heavy atom. The van der Waals surface area contributed by atoms with Crippen molar-refractivity contribution in [2.24, 2.45) is 0 Å². The summed E-state index contributed by atoms with van der Waals surface area (Å²) in [6, 6.07) is 16.5. The number of benzene rings is 4. The van der Waals surface area contributed by atoms with Crippen molar-refractivity contribution in [3.05, 3.63) is 70.8 Å². The van der Waals surface area contributed by atoms with Crippen LogP contribution < -0.4 is 56.8 Å². The Hall–Kier alpha value is -5.60. The lowest BCUT2D eigenvalue weighted by atomic mass is 9.67. The highest BCUT2D eigenvalue weighted by molar-refractivity contribution is 5.63. The van der Waals surface area contributed by atoms with Gasteiger partial charge < -0.3 is 65.8 Å². The van der Waals surface area contributed by atoms with Crippen LogP contribution in [-0.2, 0) is 10.8 Å². The Bertz CT molecular complexity index is 1910. The minimum Gasteiger partial charge on any atom is -0.493 e. The van der Waals surface area contributed by atoms with E-state index >= 15 is 0 Å². The van der Waals surface area contributed by atoms with Crippen LogP contribution in [0, 0.1) is 0 Å². The highest BCUT2D eigenvalue weighted by Crippen LogP contribution is 2.54. The molecule has 66 heavy (non-hydrogen) atoms. The Kier molecular flexibility index (Phi) is 14.7. The van der Waals surface area contributed by atoms with E-state index in [-0.39, 0.29) is 13.6 Å². The van der Waals surface area contributed by atoms with Gasteiger partial charge in [0.25, 0.3) is 0 Å². The molecule has 14 heteroatoms. The summed E-state index contributed by atoms with van der Waals surface area (Å²) < 4.78 is 76.8. The molecule has 0 N–H and O–H groups in total. The van der Waals surface area contributed by atoms with E-state index in [1.165, 1.54) is 0 Å². The van der Waals surface area contributed by atoms with Gasteiger partial charge >= 0.3 is 0 Å². The maximum Gasteiger partial charge on any atom is 0.231 e. The number of nitrogens with zero attached hydrogens (tertiary/aromatic N) is 2. The predicted molar refractivity (Wildman–Crippen MR) is 253 cm³/mol. The minimum atomic E-state index is -0.501. The summed E-state index contributed by atoms with van der Waals surface area (Å²) in [5.74, 6) is 5.70. The zero-order valence-corrected chi connectivity index (χ0v) is 41.3. The van der Waals surface area contributed by atoms with Crippen LogP contribution in [0.25, 0.3) is 0 Å². The molecule has 9 aliphatic heterocycles. The molecule has 13 rings (SSSR count). The molecule has 8 bridgehead atoms. The molecular weight excluding hydrogens is 845 g/mol. The third-order valence-electron chi connectivity index (χ3n) is 15.6. The SMILES string of the molecule is CC[N+]1(CC)CCC2(CC1)c1cc(OC)c(c(OC)c1)OCOc1c(OC)cc(cc1OC)C1(CC[N+](CC)(CC)CC1)c1cc(OC)c(c(OC)c1)OCOc1c(OC)cc2cc1OC. The van der Waals surface area contributed by atoms with E-state index in [1.807, 2.05) is 0 Å². The summed E-state index contributed by atoms with van der Waals surface area (Å²) >= 11 is 0. The number of hydrogen-bond donors (Lipinski definition) is 0. The number of quaternary nitrogens is 2. The van der Waals surface area contributed by atoms with Gasteiger partial charge in [-0.05, 0) is 98.5 Å². The summed E-state index contributed by atoms with van der Waals surface area (Å²) in [4.78, 5) is 0. The number of rotatable bonds is 12. The van der Waals surface area contributed by atoms with Gasteiger partial charge in [0.05, 0.1) is 109 Å². The van der Waals surface area contributed by atoms with E-state index in [4.69, 9.17) is 56.8 Å². The van der Waals surface area contributed by atoms with Gasteiger partial charge in [-0.1, -0.05) is 0 Å². The molecule has 4 aromatic rings. The normalized spacial score (nSPS) is 18.0. The smallest absolute Gasteiger partial charge is 0.231 e. The van der Waals surface area contributed by atoms with Crippen molar-refractivity contribution in [2.75, 3.05) is 123 Å². The average molecular weight is 917 g/mol. The molecule has 2 saturated heterocycles. The summed E-state index contributed by atoms with van der Waals surface area (Å²) in [5, 5.41) is 0. The Labute approximate surface area is 391 Å². The van der Waals surface area contributed by atoms with E-state index in [1.54, 1.807) is 56.9 Å². The number of piperidine rings is 2. The van der Waals surface area contributed by atoms with E-state index < -0.39 is 10.8 Å². The molecule has 14 nitrogen and oxygen atoms in total. The summed E-state index contributed by atoms with van der Waals surface area (Å²) in [7, 11) is 13.1. The summed E-state index contributed by atoms with van der Waals surface area (Å²) in [6.45, 7) is 16.7. The number of hydrogen-bond acceptors (Lipinski definition) is 12. The Balaban J connectivity index is 1.43. The molecule has 0 aliphatic carbocycles. The highest BCUT2D eigenvalue weighted by atomic mass is 16.7. The molecule has 0 atom stereocenters. The second-order valence-corrected chi connectivity index (χ2v) is 17.7. The van der Waals surface area contributed by atoms with Crippen molar-refractivity contribution in [1.82, 2.24) is 0 Å². The largest absolute Gasteiger partial charge is 0.493 e. The van der Waals surface area contributed by atoms with E-state index in [9.17, 15) is 0 Å². The molecule has 0 unspecified atom stereocenters. The van der Waals surface area contributed by atoms with Crippen LogP contribution in [0.3, 0.4) is 0 Å². The lowest BCUT2D eigenvalue weighted by molar-refractivity contribution is -0.930. The first-order valence-corrected chi connectivity index (χ1v) is 23.3. The fourth-order valence-electron chi connectivity index (χ4n) is 10.9. The fourth-order valence-corrected chi connectivity index (χ4v) is 10.9. The number of likely N-dealkylation sites (tertiary alicyclic amines) is 2. The van der Waals surface area contributed by atoms with Crippen molar-refractivity contribution in [3.8, 4) is 69.0 Å². The van der Waals surface area contributed by atoms with Crippen molar-refractivity contribution in [3.63, 3.8) is 0 Å². The zero-order chi connectivity index (χ0) is 47.3. The first kappa shape index (κ1) is 48.3.